The van der Waals surface area contributed by atoms with E-state index < -0.39 is 0 Å². The van der Waals surface area contributed by atoms with Crippen LogP contribution in [0.2, 0.25) is 0 Å². The van der Waals surface area contributed by atoms with Crippen molar-refractivity contribution in [2.75, 3.05) is 18.5 Å². The number of benzene rings is 1. The van der Waals surface area contributed by atoms with Gasteiger partial charge in [0.2, 0.25) is 0 Å². The van der Waals surface area contributed by atoms with Crippen molar-refractivity contribution in [1.29, 1.82) is 0 Å². The summed E-state index contributed by atoms with van der Waals surface area (Å²) in [7, 11) is 2.02. The van der Waals surface area contributed by atoms with Gasteiger partial charge in [-0.2, -0.15) is 0 Å². The highest BCUT2D eigenvalue weighted by atomic mass is 16.3. The number of aryl methyl sites for hydroxylation is 2. The van der Waals surface area contributed by atoms with Gasteiger partial charge in [-0.05, 0) is 31.9 Å². The van der Waals surface area contributed by atoms with E-state index in [1.165, 1.54) is 16.8 Å². The average molecular weight is 207 g/mol. The van der Waals surface area contributed by atoms with Crippen molar-refractivity contribution in [3.63, 3.8) is 0 Å². The maximum Gasteiger partial charge on any atom is 0.0712 e. The van der Waals surface area contributed by atoms with Crippen molar-refractivity contribution in [2.24, 2.45) is 0 Å². The van der Waals surface area contributed by atoms with Gasteiger partial charge in [-0.3, -0.25) is 0 Å². The number of likely N-dealkylation sites (N-methyl/N-ethyl adjacent to an activating group) is 1. The van der Waals surface area contributed by atoms with Gasteiger partial charge >= 0.3 is 0 Å². The normalized spacial score (nSPS) is 12.6. The molecule has 0 amide bonds. The lowest BCUT2D eigenvalue weighted by molar-refractivity contribution is 0.177. The molecular weight excluding hydrogens is 186 g/mol. The number of hydrogen-bond donors (Lipinski definition) is 1. The van der Waals surface area contributed by atoms with Gasteiger partial charge in [-0.15, -0.1) is 0 Å². The van der Waals surface area contributed by atoms with Crippen LogP contribution in [0, 0.1) is 13.8 Å². The first-order valence-electron chi connectivity index (χ1n) is 5.51. The van der Waals surface area contributed by atoms with Crippen LogP contribution >= 0.6 is 0 Å². The molecule has 1 atom stereocenters. The van der Waals surface area contributed by atoms with E-state index >= 15 is 0 Å². The molecular formula is C13H21NO. The molecule has 0 aliphatic carbocycles. The first-order chi connectivity index (χ1) is 7.04. The minimum Gasteiger partial charge on any atom is -0.391 e. The second kappa shape index (κ2) is 5.17. The van der Waals surface area contributed by atoms with Crippen molar-refractivity contribution in [2.45, 2.75) is 33.3 Å². The Bertz CT molecular complexity index is 322. The molecule has 2 heteroatoms. The highest BCUT2D eigenvalue weighted by Crippen LogP contribution is 2.20. The monoisotopic (exact) mass is 207 g/mol. The molecule has 0 aromatic heterocycles. The van der Waals surface area contributed by atoms with E-state index in [0.717, 1.165) is 6.42 Å². The zero-order valence-corrected chi connectivity index (χ0v) is 10.1. The van der Waals surface area contributed by atoms with Crippen LogP contribution in [0.5, 0.6) is 0 Å². The van der Waals surface area contributed by atoms with Gasteiger partial charge in [-0.25, -0.2) is 0 Å². The number of aliphatic hydroxyl groups excluding tert-OH is 1. The van der Waals surface area contributed by atoms with Crippen LogP contribution in [-0.2, 0) is 0 Å². The third-order valence-electron chi connectivity index (χ3n) is 2.72. The number of hydrogen-bond acceptors (Lipinski definition) is 2. The molecule has 2 nitrogen and oxygen atoms in total. The molecule has 1 aromatic carbocycles. The van der Waals surface area contributed by atoms with E-state index in [1.807, 2.05) is 14.0 Å². The molecule has 84 valence electrons. The first kappa shape index (κ1) is 12.1. The largest absolute Gasteiger partial charge is 0.391 e. The Morgan fingerprint density at radius 1 is 1.33 bits per heavy atom. The zero-order chi connectivity index (χ0) is 11.4. The Morgan fingerprint density at radius 3 is 2.53 bits per heavy atom. The van der Waals surface area contributed by atoms with Crippen LogP contribution in [0.15, 0.2) is 18.2 Å². The maximum atomic E-state index is 9.59. The van der Waals surface area contributed by atoms with E-state index in [-0.39, 0.29) is 6.10 Å². The molecule has 1 N–H and O–H groups in total. The summed E-state index contributed by atoms with van der Waals surface area (Å²) in [6.45, 7) is 6.90. The SMILES string of the molecule is CC[C@@H](O)CN(C)c1ccc(C)cc1C. The lowest BCUT2D eigenvalue weighted by Crippen LogP contribution is -2.28. The minimum absolute atomic E-state index is 0.240. The van der Waals surface area contributed by atoms with Gasteiger partial charge in [0.05, 0.1) is 6.10 Å². The molecule has 0 bridgehead atoms. The predicted molar refractivity (Wildman–Crippen MR) is 65.5 cm³/mol. The maximum absolute atomic E-state index is 9.59. The Morgan fingerprint density at radius 2 is 2.00 bits per heavy atom. The second-order valence-corrected chi connectivity index (χ2v) is 4.23. The van der Waals surface area contributed by atoms with E-state index in [0.29, 0.717) is 6.54 Å². The van der Waals surface area contributed by atoms with E-state index in [9.17, 15) is 5.11 Å². The molecule has 0 saturated heterocycles. The molecule has 0 aliphatic rings. The van der Waals surface area contributed by atoms with Crippen LogP contribution < -0.4 is 4.90 Å². The van der Waals surface area contributed by atoms with Gasteiger partial charge in [0.15, 0.2) is 0 Å². The van der Waals surface area contributed by atoms with Crippen LogP contribution in [0.1, 0.15) is 24.5 Å². The first-order valence-corrected chi connectivity index (χ1v) is 5.51. The van der Waals surface area contributed by atoms with Crippen LogP contribution in [0.4, 0.5) is 5.69 Å². The topological polar surface area (TPSA) is 23.5 Å². The van der Waals surface area contributed by atoms with Gasteiger partial charge in [0.25, 0.3) is 0 Å². The molecule has 0 unspecified atom stereocenters. The van der Waals surface area contributed by atoms with Crippen molar-refractivity contribution in [3.8, 4) is 0 Å². The Balaban J connectivity index is 2.77. The smallest absolute Gasteiger partial charge is 0.0712 e. The molecule has 0 saturated carbocycles. The minimum atomic E-state index is -0.240. The second-order valence-electron chi connectivity index (χ2n) is 4.23. The fraction of sp³-hybridized carbons (Fsp3) is 0.538. The molecule has 1 rings (SSSR count). The molecule has 0 radical (unpaired) electrons. The van der Waals surface area contributed by atoms with Gasteiger partial charge < -0.3 is 10.0 Å². The average Bonchev–Trinajstić information content (AvgIpc) is 2.17. The molecule has 0 heterocycles. The molecule has 15 heavy (non-hydrogen) atoms. The summed E-state index contributed by atoms with van der Waals surface area (Å²) in [5.41, 5.74) is 3.74. The number of aliphatic hydroxyl groups is 1. The highest BCUT2D eigenvalue weighted by Gasteiger charge is 2.08. The van der Waals surface area contributed by atoms with Crippen LogP contribution in [0.25, 0.3) is 0 Å². The standard InChI is InChI=1S/C13H21NO/c1-5-12(15)9-14(4)13-7-6-10(2)8-11(13)3/h6-8,12,15H,5,9H2,1-4H3/t12-/m1/s1. The summed E-state index contributed by atoms with van der Waals surface area (Å²) in [5.74, 6) is 0. The number of anilines is 1. The summed E-state index contributed by atoms with van der Waals surface area (Å²) in [6.07, 6.45) is 0.561. The summed E-state index contributed by atoms with van der Waals surface area (Å²) >= 11 is 0. The fourth-order valence-electron chi connectivity index (χ4n) is 1.78. The third-order valence-corrected chi connectivity index (χ3v) is 2.72. The zero-order valence-electron chi connectivity index (χ0n) is 10.1. The summed E-state index contributed by atoms with van der Waals surface area (Å²) in [5, 5.41) is 9.59. The van der Waals surface area contributed by atoms with Gasteiger partial charge in [0, 0.05) is 19.3 Å². The Hall–Kier alpha value is -1.02. The van der Waals surface area contributed by atoms with Crippen molar-refractivity contribution < 1.29 is 5.11 Å². The van der Waals surface area contributed by atoms with E-state index in [1.54, 1.807) is 0 Å². The third kappa shape index (κ3) is 3.24. The highest BCUT2D eigenvalue weighted by molar-refractivity contribution is 5.53. The van der Waals surface area contributed by atoms with Gasteiger partial charge in [0.1, 0.15) is 0 Å². The summed E-state index contributed by atoms with van der Waals surface area (Å²) in [6, 6.07) is 6.40. The van der Waals surface area contributed by atoms with Crippen molar-refractivity contribution in [1.82, 2.24) is 0 Å². The van der Waals surface area contributed by atoms with Crippen molar-refractivity contribution >= 4 is 5.69 Å². The van der Waals surface area contributed by atoms with Gasteiger partial charge in [-0.1, -0.05) is 24.6 Å². The molecule has 1 aromatic rings. The Labute approximate surface area is 92.5 Å². The van der Waals surface area contributed by atoms with Crippen LogP contribution in [0.3, 0.4) is 0 Å². The predicted octanol–water partition coefficient (Wildman–Crippen LogP) is 2.51. The fourth-order valence-corrected chi connectivity index (χ4v) is 1.78. The quantitative estimate of drug-likeness (QED) is 0.820. The summed E-state index contributed by atoms with van der Waals surface area (Å²) in [4.78, 5) is 2.11. The van der Waals surface area contributed by atoms with Crippen molar-refractivity contribution in [3.05, 3.63) is 29.3 Å². The lowest BCUT2D eigenvalue weighted by Gasteiger charge is -2.24. The summed E-state index contributed by atoms with van der Waals surface area (Å²) < 4.78 is 0. The van der Waals surface area contributed by atoms with E-state index in [2.05, 4.69) is 36.9 Å². The molecule has 0 aliphatic heterocycles. The molecule has 0 spiro atoms. The lowest BCUT2D eigenvalue weighted by atomic mass is 10.1. The van der Waals surface area contributed by atoms with Crippen LogP contribution in [-0.4, -0.2) is 24.8 Å². The molecule has 0 fully saturated rings. The number of nitrogens with zero attached hydrogens (tertiary/aromatic N) is 1. The Kier molecular flexibility index (Phi) is 4.15. The van der Waals surface area contributed by atoms with E-state index in [4.69, 9.17) is 0 Å². The number of rotatable bonds is 4.